The Labute approximate surface area is 175 Å². The summed E-state index contributed by atoms with van der Waals surface area (Å²) in [6.07, 6.45) is 1.39. The quantitative estimate of drug-likeness (QED) is 0.759. The molecule has 4 rings (SSSR count). The number of hydrogen-bond acceptors (Lipinski definition) is 6. The van der Waals surface area contributed by atoms with E-state index in [4.69, 9.17) is 14.2 Å². The zero-order valence-electron chi connectivity index (χ0n) is 17.2. The fourth-order valence-corrected chi connectivity index (χ4v) is 3.71. The van der Waals surface area contributed by atoms with E-state index in [1.54, 1.807) is 26.0 Å². The maximum atomic E-state index is 11.8. The van der Waals surface area contributed by atoms with E-state index in [9.17, 15) is 9.59 Å². The molecule has 1 N–H and O–H groups in total. The molecule has 2 aromatic rings. The van der Waals surface area contributed by atoms with Gasteiger partial charge >= 0.3 is 5.97 Å². The third kappa shape index (κ3) is 4.35. The van der Waals surface area contributed by atoms with Crippen LogP contribution < -0.4 is 19.7 Å². The first-order valence-corrected chi connectivity index (χ1v) is 10.3. The second-order valence-electron chi connectivity index (χ2n) is 7.48. The van der Waals surface area contributed by atoms with E-state index in [0.29, 0.717) is 23.6 Å². The standard InChI is InChI=1S/C23H26N2O5/c1-3-28-23(27)16-4-6-17(7-5-16)25-12-10-18(11-13-25)30-19-8-9-21-20(14-19)24-22(26)15(2)29-21/h4-9,14-15,18H,3,10-13H2,1-2H3,(H,24,26). The fraction of sp³-hybridized carbons (Fsp3) is 0.391. The summed E-state index contributed by atoms with van der Waals surface area (Å²) < 4.78 is 16.8. The average Bonchev–Trinajstić information content (AvgIpc) is 2.76. The van der Waals surface area contributed by atoms with E-state index in [-0.39, 0.29) is 18.0 Å². The third-order valence-corrected chi connectivity index (χ3v) is 5.37. The van der Waals surface area contributed by atoms with Gasteiger partial charge in [0.2, 0.25) is 0 Å². The summed E-state index contributed by atoms with van der Waals surface area (Å²) in [6.45, 7) is 5.63. The number of nitrogens with zero attached hydrogens (tertiary/aromatic N) is 1. The van der Waals surface area contributed by atoms with Crippen LogP contribution in [0.1, 0.15) is 37.0 Å². The van der Waals surface area contributed by atoms with Crippen LogP contribution >= 0.6 is 0 Å². The highest BCUT2D eigenvalue weighted by Gasteiger charge is 2.25. The molecule has 0 bridgehead atoms. The van der Waals surface area contributed by atoms with Gasteiger partial charge in [0.25, 0.3) is 5.91 Å². The molecule has 30 heavy (non-hydrogen) atoms. The van der Waals surface area contributed by atoms with Crippen molar-refractivity contribution in [2.75, 3.05) is 29.9 Å². The van der Waals surface area contributed by atoms with Gasteiger partial charge in [-0.15, -0.1) is 0 Å². The summed E-state index contributed by atoms with van der Waals surface area (Å²) in [6, 6.07) is 13.1. The van der Waals surface area contributed by atoms with E-state index < -0.39 is 6.10 Å². The fourth-order valence-electron chi connectivity index (χ4n) is 3.71. The van der Waals surface area contributed by atoms with Gasteiger partial charge < -0.3 is 24.4 Å². The Morgan fingerprint density at radius 2 is 1.90 bits per heavy atom. The van der Waals surface area contributed by atoms with E-state index in [0.717, 1.165) is 37.4 Å². The maximum Gasteiger partial charge on any atom is 0.338 e. The Bertz CT molecular complexity index is 920. The first kappa shape index (κ1) is 20.1. The summed E-state index contributed by atoms with van der Waals surface area (Å²) >= 11 is 0. The van der Waals surface area contributed by atoms with Crippen molar-refractivity contribution in [2.24, 2.45) is 0 Å². The number of nitrogens with one attached hydrogen (secondary N) is 1. The minimum absolute atomic E-state index is 0.109. The molecule has 0 radical (unpaired) electrons. The number of fused-ring (bicyclic) bond motifs is 1. The van der Waals surface area contributed by atoms with Gasteiger partial charge in [-0.25, -0.2) is 4.79 Å². The third-order valence-electron chi connectivity index (χ3n) is 5.37. The number of piperidine rings is 1. The average molecular weight is 410 g/mol. The molecule has 1 amide bonds. The second-order valence-corrected chi connectivity index (χ2v) is 7.48. The van der Waals surface area contributed by atoms with Gasteiger partial charge in [-0.1, -0.05) is 0 Å². The van der Waals surface area contributed by atoms with E-state index in [2.05, 4.69) is 10.2 Å². The molecule has 0 saturated carbocycles. The summed E-state index contributed by atoms with van der Waals surface area (Å²) in [4.78, 5) is 25.9. The number of amides is 1. The number of carbonyl (C=O) groups excluding carboxylic acids is 2. The van der Waals surface area contributed by atoms with Gasteiger partial charge in [-0.2, -0.15) is 0 Å². The summed E-state index contributed by atoms with van der Waals surface area (Å²) in [5, 5.41) is 2.85. The van der Waals surface area contributed by atoms with E-state index in [1.165, 1.54) is 0 Å². The molecule has 0 spiro atoms. The lowest BCUT2D eigenvalue weighted by molar-refractivity contribution is -0.122. The SMILES string of the molecule is CCOC(=O)c1ccc(N2CCC(Oc3ccc4c(c3)NC(=O)C(C)O4)CC2)cc1. The molecule has 2 aromatic carbocycles. The number of rotatable bonds is 5. The van der Waals surface area contributed by atoms with Gasteiger partial charge in [0.05, 0.1) is 17.9 Å². The highest BCUT2D eigenvalue weighted by atomic mass is 16.5. The Hall–Kier alpha value is -3.22. The monoisotopic (exact) mass is 410 g/mol. The molecule has 0 aromatic heterocycles. The number of hydrogen-bond donors (Lipinski definition) is 1. The number of ether oxygens (including phenoxy) is 3. The maximum absolute atomic E-state index is 11.8. The van der Waals surface area contributed by atoms with E-state index >= 15 is 0 Å². The Morgan fingerprint density at radius 1 is 1.17 bits per heavy atom. The van der Waals surface area contributed by atoms with Crippen molar-refractivity contribution in [3.63, 3.8) is 0 Å². The van der Waals surface area contributed by atoms with Gasteiger partial charge in [0.15, 0.2) is 6.10 Å². The lowest BCUT2D eigenvalue weighted by Crippen LogP contribution is -2.38. The second kappa shape index (κ2) is 8.65. The first-order valence-electron chi connectivity index (χ1n) is 10.3. The van der Waals surface area contributed by atoms with Crippen LogP contribution in [0, 0.1) is 0 Å². The molecule has 0 aliphatic carbocycles. The normalized spacial score (nSPS) is 18.8. The molecule has 158 valence electrons. The number of carbonyl (C=O) groups is 2. The van der Waals surface area contributed by atoms with Gasteiger partial charge in [-0.05, 0) is 50.2 Å². The van der Waals surface area contributed by atoms with Crippen molar-refractivity contribution >= 4 is 23.3 Å². The predicted molar refractivity (Wildman–Crippen MR) is 113 cm³/mol. The minimum Gasteiger partial charge on any atom is -0.490 e. The minimum atomic E-state index is -0.486. The smallest absolute Gasteiger partial charge is 0.338 e. The van der Waals surface area contributed by atoms with Crippen molar-refractivity contribution in [3.8, 4) is 11.5 Å². The largest absolute Gasteiger partial charge is 0.490 e. The molecule has 7 nitrogen and oxygen atoms in total. The van der Waals surface area contributed by atoms with Crippen molar-refractivity contribution in [2.45, 2.75) is 38.9 Å². The Morgan fingerprint density at radius 3 is 2.60 bits per heavy atom. The van der Waals surface area contributed by atoms with Gasteiger partial charge in [-0.3, -0.25) is 4.79 Å². The molecular formula is C23H26N2O5. The molecule has 1 unspecified atom stereocenters. The summed E-state index contributed by atoms with van der Waals surface area (Å²) in [5.74, 6) is 0.944. The summed E-state index contributed by atoms with van der Waals surface area (Å²) in [5.41, 5.74) is 2.30. The number of esters is 1. The lowest BCUT2D eigenvalue weighted by Gasteiger charge is -2.34. The van der Waals surface area contributed by atoms with Gasteiger partial charge in [0, 0.05) is 37.7 Å². The van der Waals surface area contributed by atoms with Crippen molar-refractivity contribution in [1.82, 2.24) is 0 Å². The predicted octanol–water partition coefficient (Wildman–Crippen LogP) is 3.63. The van der Waals surface area contributed by atoms with Crippen LogP contribution in [0.3, 0.4) is 0 Å². The Kier molecular flexibility index (Phi) is 5.79. The molecule has 2 aliphatic heterocycles. The van der Waals surface area contributed by atoms with Crippen LogP contribution in [0.25, 0.3) is 0 Å². The van der Waals surface area contributed by atoms with Crippen molar-refractivity contribution < 1.29 is 23.8 Å². The number of benzene rings is 2. The Balaban J connectivity index is 1.32. The topological polar surface area (TPSA) is 77.1 Å². The zero-order valence-corrected chi connectivity index (χ0v) is 17.2. The van der Waals surface area contributed by atoms with Crippen LogP contribution in [0.2, 0.25) is 0 Å². The molecule has 7 heteroatoms. The van der Waals surface area contributed by atoms with Crippen LogP contribution in [0.5, 0.6) is 11.5 Å². The summed E-state index contributed by atoms with van der Waals surface area (Å²) in [7, 11) is 0. The molecule has 1 saturated heterocycles. The van der Waals surface area contributed by atoms with Gasteiger partial charge in [0.1, 0.15) is 17.6 Å². The highest BCUT2D eigenvalue weighted by molar-refractivity contribution is 5.97. The van der Waals surface area contributed by atoms with Crippen molar-refractivity contribution in [3.05, 3.63) is 48.0 Å². The molecule has 2 aliphatic rings. The van der Waals surface area contributed by atoms with Crippen LogP contribution in [-0.4, -0.2) is 43.8 Å². The van der Waals surface area contributed by atoms with E-state index in [1.807, 2.05) is 30.3 Å². The first-order chi connectivity index (χ1) is 14.5. The zero-order chi connectivity index (χ0) is 21.1. The molecule has 2 heterocycles. The van der Waals surface area contributed by atoms with Crippen LogP contribution in [0.4, 0.5) is 11.4 Å². The highest BCUT2D eigenvalue weighted by Crippen LogP contribution is 2.34. The molecular weight excluding hydrogens is 384 g/mol. The molecule has 1 fully saturated rings. The lowest BCUT2D eigenvalue weighted by atomic mass is 10.1. The van der Waals surface area contributed by atoms with Crippen LogP contribution in [-0.2, 0) is 9.53 Å². The van der Waals surface area contributed by atoms with Crippen molar-refractivity contribution in [1.29, 1.82) is 0 Å². The molecule has 1 atom stereocenters. The van der Waals surface area contributed by atoms with Crippen LogP contribution in [0.15, 0.2) is 42.5 Å². The number of anilines is 2.